The van der Waals surface area contributed by atoms with Crippen molar-refractivity contribution in [2.45, 2.75) is 20.8 Å². The summed E-state index contributed by atoms with van der Waals surface area (Å²) < 4.78 is 1.72. The van der Waals surface area contributed by atoms with Crippen LogP contribution in [0.15, 0.2) is 18.5 Å². The Morgan fingerprint density at radius 3 is 2.62 bits per heavy atom. The molecule has 80 valence electrons. The second-order valence-corrected chi connectivity index (χ2v) is 3.82. The molecule has 2 rings (SSSR count). The first-order valence-corrected chi connectivity index (χ1v) is 5.02. The van der Waals surface area contributed by atoms with Crippen LogP contribution in [0.5, 0.6) is 0 Å². The second-order valence-electron chi connectivity index (χ2n) is 3.82. The molecule has 0 bridgehead atoms. The zero-order valence-corrected chi connectivity index (χ0v) is 9.52. The van der Waals surface area contributed by atoms with Gasteiger partial charge in [0.05, 0.1) is 23.1 Å². The van der Waals surface area contributed by atoms with Gasteiger partial charge in [-0.2, -0.15) is 10.4 Å². The van der Waals surface area contributed by atoms with Crippen LogP contribution in [0, 0.1) is 32.1 Å². The normalized spacial score (nSPS) is 10.1. The molecule has 0 aliphatic rings. The van der Waals surface area contributed by atoms with Gasteiger partial charge in [-0.1, -0.05) is 0 Å². The molecule has 0 aromatic carbocycles. The van der Waals surface area contributed by atoms with Gasteiger partial charge in [0.2, 0.25) is 0 Å². The summed E-state index contributed by atoms with van der Waals surface area (Å²) in [7, 11) is 0. The van der Waals surface area contributed by atoms with Crippen LogP contribution in [-0.2, 0) is 0 Å². The summed E-state index contributed by atoms with van der Waals surface area (Å²) >= 11 is 0. The van der Waals surface area contributed by atoms with Crippen LogP contribution in [0.25, 0.3) is 5.69 Å². The fraction of sp³-hybridized carbons (Fsp3) is 0.250. The molecule has 0 saturated carbocycles. The number of nitrogens with zero attached hydrogens (tertiary/aromatic N) is 4. The van der Waals surface area contributed by atoms with Crippen molar-refractivity contribution in [2.75, 3.05) is 0 Å². The van der Waals surface area contributed by atoms with Gasteiger partial charge in [-0.15, -0.1) is 0 Å². The molecule has 0 fully saturated rings. The van der Waals surface area contributed by atoms with E-state index in [1.807, 2.05) is 33.0 Å². The Kier molecular flexibility index (Phi) is 2.45. The van der Waals surface area contributed by atoms with E-state index < -0.39 is 0 Å². The predicted molar refractivity (Wildman–Crippen MR) is 60.3 cm³/mol. The first-order chi connectivity index (χ1) is 7.61. The third kappa shape index (κ3) is 1.68. The number of pyridine rings is 1. The molecule has 0 aliphatic heterocycles. The Hall–Kier alpha value is -2.15. The van der Waals surface area contributed by atoms with E-state index in [4.69, 9.17) is 5.26 Å². The van der Waals surface area contributed by atoms with E-state index in [2.05, 4.69) is 16.2 Å². The van der Waals surface area contributed by atoms with Crippen molar-refractivity contribution in [1.29, 1.82) is 5.26 Å². The molecule has 0 radical (unpaired) electrons. The Balaban J connectivity index is 2.69. The van der Waals surface area contributed by atoms with Crippen molar-refractivity contribution in [2.24, 2.45) is 0 Å². The largest absolute Gasteiger partial charge is 0.257 e. The topological polar surface area (TPSA) is 54.5 Å². The van der Waals surface area contributed by atoms with Crippen LogP contribution >= 0.6 is 0 Å². The lowest BCUT2D eigenvalue weighted by Crippen LogP contribution is -2.03. The molecular formula is C12H12N4. The molecule has 0 aliphatic carbocycles. The van der Waals surface area contributed by atoms with Crippen molar-refractivity contribution < 1.29 is 0 Å². The molecule has 2 aromatic heterocycles. The van der Waals surface area contributed by atoms with Gasteiger partial charge in [0, 0.05) is 11.9 Å². The third-order valence-corrected chi connectivity index (χ3v) is 2.38. The molecule has 0 saturated heterocycles. The fourth-order valence-corrected chi connectivity index (χ4v) is 1.67. The Morgan fingerprint density at radius 1 is 1.31 bits per heavy atom. The lowest BCUT2D eigenvalue weighted by Gasteiger charge is -2.07. The molecule has 2 heterocycles. The summed E-state index contributed by atoms with van der Waals surface area (Å²) in [5.74, 6) is 0. The number of nitriles is 1. The summed E-state index contributed by atoms with van der Waals surface area (Å²) in [6, 6.07) is 4.05. The van der Waals surface area contributed by atoms with Gasteiger partial charge in [0.25, 0.3) is 0 Å². The Morgan fingerprint density at radius 2 is 2.06 bits per heavy atom. The van der Waals surface area contributed by atoms with Crippen LogP contribution in [-0.4, -0.2) is 14.8 Å². The predicted octanol–water partition coefficient (Wildman–Crippen LogP) is 2.06. The first-order valence-electron chi connectivity index (χ1n) is 5.02. The Labute approximate surface area is 94.2 Å². The van der Waals surface area contributed by atoms with Crippen molar-refractivity contribution in [3.63, 3.8) is 0 Å². The summed E-state index contributed by atoms with van der Waals surface area (Å²) in [4.78, 5) is 4.27. The van der Waals surface area contributed by atoms with Crippen LogP contribution < -0.4 is 0 Å². The maximum atomic E-state index is 9.13. The highest BCUT2D eigenvalue weighted by Crippen LogP contribution is 2.17. The van der Waals surface area contributed by atoms with E-state index in [1.54, 1.807) is 10.9 Å². The highest BCUT2D eigenvalue weighted by Gasteiger charge is 2.10. The SMILES string of the molecule is Cc1cnn(-c2cc(C)nc(C)c2C#N)c1. The van der Waals surface area contributed by atoms with Gasteiger partial charge in [0.15, 0.2) is 0 Å². The van der Waals surface area contributed by atoms with Crippen molar-refractivity contribution >= 4 is 0 Å². The van der Waals surface area contributed by atoms with E-state index in [-0.39, 0.29) is 0 Å². The number of aromatic nitrogens is 3. The zero-order chi connectivity index (χ0) is 11.7. The summed E-state index contributed by atoms with van der Waals surface area (Å²) in [6.07, 6.45) is 3.67. The molecule has 4 heteroatoms. The molecule has 0 unspecified atom stereocenters. The molecule has 4 nitrogen and oxygen atoms in total. The molecule has 0 atom stereocenters. The number of rotatable bonds is 1. The van der Waals surface area contributed by atoms with E-state index >= 15 is 0 Å². The van der Waals surface area contributed by atoms with Crippen molar-refractivity contribution in [1.82, 2.24) is 14.8 Å². The van der Waals surface area contributed by atoms with Gasteiger partial charge in [-0.25, -0.2) is 4.68 Å². The van der Waals surface area contributed by atoms with Gasteiger partial charge >= 0.3 is 0 Å². The van der Waals surface area contributed by atoms with Crippen LogP contribution in [0.3, 0.4) is 0 Å². The smallest absolute Gasteiger partial charge is 0.103 e. The monoisotopic (exact) mass is 212 g/mol. The minimum absolute atomic E-state index is 0.578. The van der Waals surface area contributed by atoms with E-state index in [9.17, 15) is 0 Å². The fourth-order valence-electron chi connectivity index (χ4n) is 1.67. The number of hydrogen-bond acceptors (Lipinski definition) is 3. The highest BCUT2D eigenvalue weighted by molar-refractivity contribution is 5.51. The standard InChI is InChI=1S/C12H12N4/c1-8-6-14-16(7-8)12-4-9(2)15-10(3)11(12)5-13/h4,6-7H,1-3H3. The van der Waals surface area contributed by atoms with Crippen molar-refractivity contribution in [3.05, 3.63) is 41.0 Å². The minimum Gasteiger partial charge on any atom is -0.257 e. The maximum Gasteiger partial charge on any atom is 0.103 e. The number of hydrogen-bond donors (Lipinski definition) is 0. The van der Waals surface area contributed by atoms with Gasteiger partial charge in [-0.05, 0) is 32.4 Å². The van der Waals surface area contributed by atoms with E-state index in [0.29, 0.717) is 5.56 Å². The molecule has 16 heavy (non-hydrogen) atoms. The molecule has 0 spiro atoms. The van der Waals surface area contributed by atoms with Crippen LogP contribution in [0.2, 0.25) is 0 Å². The zero-order valence-electron chi connectivity index (χ0n) is 9.52. The third-order valence-electron chi connectivity index (χ3n) is 2.38. The average molecular weight is 212 g/mol. The van der Waals surface area contributed by atoms with Gasteiger partial charge < -0.3 is 0 Å². The van der Waals surface area contributed by atoms with E-state index in [1.165, 1.54) is 0 Å². The quantitative estimate of drug-likeness (QED) is 0.727. The molecule has 0 amide bonds. The van der Waals surface area contributed by atoms with Crippen molar-refractivity contribution in [3.8, 4) is 11.8 Å². The van der Waals surface area contributed by atoms with Crippen LogP contribution in [0.4, 0.5) is 0 Å². The minimum atomic E-state index is 0.578. The highest BCUT2D eigenvalue weighted by atomic mass is 15.3. The van der Waals surface area contributed by atoms with E-state index in [0.717, 1.165) is 22.6 Å². The average Bonchev–Trinajstić information content (AvgIpc) is 2.63. The van der Waals surface area contributed by atoms with Gasteiger partial charge in [-0.3, -0.25) is 4.98 Å². The maximum absolute atomic E-state index is 9.13. The molecule has 0 N–H and O–H groups in total. The second kappa shape index (κ2) is 3.78. The lowest BCUT2D eigenvalue weighted by atomic mass is 10.1. The van der Waals surface area contributed by atoms with Crippen LogP contribution in [0.1, 0.15) is 22.5 Å². The summed E-state index contributed by atoms with van der Waals surface area (Å²) in [5.41, 5.74) is 4.07. The number of aryl methyl sites for hydroxylation is 3. The first kappa shape index (κ1) is 10.4. The van der Waals surface area contributed by atoms with Gasteiger partial charge in [0.1, 0.15) is 6.07 Å². The summed E-state index contributed by atoms with van der Waals surface area (Å²) in [6.45, 7) is 5.72. The molecule has 2 aromatic rings. The molecular weight excluding hydrogens is 200 g/mol. The summed E-state index contributed by atoms with van der Waals surface area (Å²) in [5, 5.41) is 13.3. The lowest BCUT2D eigenvalue weighted by molar-refractivity contribution is 0.866. The Bertz CT molecular complexity index is 575.